The number of halogens is 5. The molecule has 0 bridgehead atoms. The number of fused-ring (bicyclic) bond motifs is 1. The summed E-state index contributed by atoms with van der Waals surface area (Å²) >= 11 is 5.98. The smallest absolute Gasteiger partial charge is 0.489 e. The molecule has 42 heavy (non-hydrogen) atoms. The van der Waals surface area contributed by atoms with Gasteiger partial charge in [0, 0.05) is 37.2 Å². The molecule has 1 fully saturated rings. The summed E-state index contributed by atoms with van der Waals surface area (Å²) in [4.78, 5) is 39.0. The predicted octanol–water partition coefficient (Wildman–Crippen LogP) is 5.47. The highest BCUT2D eigenvalue weighted by Gasteiger charge is 2.41. The molecule has 0 spiro atoms. The maximum atomic E-state index is 14.9. The number of alkyl halides is 3. The number of carboxylic acids is 1. The van der Waals surface area contributed by atoms with Gasteiger partial charge in [0.2, 0.25) is 5.43 Å². The van der Waals surface area contributed by atoms with Crippen LogP contribution in [0.15, 0.2) is 41.3 Å². The lowest BCUT2D eigenvalue weighted by atomic mass is 9.98. The number of carboxylic acid groups (broad SMARTS) is 1. The van der Waals surface area contributed by atoms with Crippen LogP contribution in [-0.2, 0) is 16.0 Å². The van der Waals surface area contributed by atoms with E-state index in [4.69, 9.17) is 16.3 Å². The van der Waals surface area contributed by atoms with E-state index in [-0.39, 0.29) is 39.8 Å². The lowest BCUT2D eigenvalue weighted by Gasteiger charge is -2.27. The predicted molar refractivity (Wildman–Crippen MR) is 147 cm³/mol. The Bertz CT molecular complexity index is 1570. The molecule has 0 unspecified atom stereocenters. The first-order valence-electron chi connectivity index (χ1n) is 13.1. The first-order chi connectivity index (χ1) is 19.7. The van der Waals surface area contributed by atoms with Gasteiger partial charge in [-0.1, -0.05) is 37.6 Å². The third-order valence-corrected chi connectivity index (χ3v) is 7.53. The number of rotatable bonds is 9. The minimum Gasteiger partial charge on any atom is -0.489 e. The van der Waals surface area contributed by atoms with Crippen molar-refractivity contribution in [2.45, 2.75) is 45.0 Å². The summed E-state index contributed by atoms with van der Waals surface area (Å²) in [5.74, 6) is -4.78. The fourth-order valence-electron chi connectivity index (χ4n) is 4.99. The summed E-state index contributed by atoms with van der Waals surface area (Å²) in [7, 11) is 1.92. The number of likely N-dealkylation sites (N-methyl/N-ethyl adjacent to an activating group) is 1. The van der Waals surface area contributed by atoms with Gasteiger partial charge in [-0.05, 0) is 42.6 Å². The van der Waals surface area contributed by atoms with Gasteiger partial charge in [-0.25, -0.2) is 14.0 Å². The molecule has 13 heteroatoms. The molecule has 2 heterocycles. The largest absolute Gasteiger partial charge is 0.490 e. The number of likely N-dealkylation sites (tertiary alicyclic amines) is 1. The van der Waals surface area contributed by atoms with E-state index in [1.165, 1.54) is 28.8 Å². The first-order valence-corrected chi connectivity index (χ1v) is 13.5. The fourth-order valence-corrected chi connectivity index (χ4v) is 5.19. The van der Waals surface area contributed by atoms with Crippen LogP contribution in [0.5, 0.6) is 5.75 Å². The highest BCUT2D eigenvalue weighted by Crippen LogP contribution is 2.33. The van der Waals surface area contributed by atoms with Crippen molar-refractivity contribution in [2.24, 2.45) is 5.92 Å². The van der Waals surface area contributed by atoms with E-state index in [1.54, 1.807) is 19.9 Å². The van der Waals surface area contributed by atoms with E-state index in [0.717, 1.165) is 12.7 Å². The molecular formula is C29H29ClF4N2O6. The second kappa shape index (κ2) is 12.3. The van der Waals surface area contributed by atoms with E-state index in [1.807, 2.05) is 7.05 Å². The Morgan fingerprint density at radius 2 is 1.90 bits per heavy atom. The van der Waals surface area contributed by atoms with Crippen LogP contribution in [-0.4, -0.2) is 65.5 Å². The summed E-state index contributed by atoms with van der Waals surface area (Å²) in [5, 5.41) is 9.62. The number of nitrogens with zero attached hydrogens (tertiary/aromatic N) is 2. The van der Waals surface area contributed by atoms with E-state index in [9.17, 15) is 37.1 Å². The van der Waals surface area contributed by atoms with E-state index in [2.05, 4.69) is 9.64 Å². The van der Waals surface area contributed by atoms with Crippen LogP contribution < -0.4 is 10.2 Å². The van der Waals surface area contributed by atoms with Crippen LogP contribution in [0.2, 0.25) is 5.02 Å². The van der Waals surface area contributed by atoms with Crippen molar-refractivity contribution >= 4 is 34.4 Å². The van der Waals surface area contributed by atoms with Crippen molar-refractivity contribution in [3.05, 3.63) is 74.3 Å². The number of esters is 1. The molecule has 226 valence electrons. The van der Waals surface area contributed by atoms with E-state index < -0.39 is 53.5 Å². The van der Waals surface area contributed by atoms with Gasteiger partial charge >= 0.3 is 18.1 Å². The van der Waals surface area contributed by atoms with Crippen LogP contribution in [0.3, 0.4) is 0 Å². The van der Waals surface area contributed by atoms with Crippen LogP contribution in [0.4, 0.5) is 17.6 Å². The van der Waals surface area contributed by atoms with Crippen molar-refractivity contribution in [1.82, 2.24) is 9.47 Å². The fraction of sp³-hybridized carbons (Fsp3) is 0.414. The molecule has 4 rings (SSSR count). The van der Waals surface area contributed by atoms with Crippen molar-refractivity contribution in [3.63, 3.8) is 0 Å². The zero-order valence-corrected chi connectivity index (χ0v) is 23.8. The summed E-state index contributed by atoms with van der Waals surface area (Å²) in [6, 6.07) is 6.41. The van der Waals surface area contributed by atoms with Crippen molar-refractivity contribution in [1.29, 1.82) is 0 Å². The number of aromatic nitrogens is 1. The Morgan fingerprint density at radius 1 is 1.19 bits per heavy atom. The summed E-state index contributed by atoms with van der Waals surface area (Å²) < 4.78 is 65.7. The Hall–Kier alpha value is -3.64. The van der Waals surface area contributed by atoms with Gasteiger partial charge in [-0.15, -0.1) is 0 Å². The highest BCUT2D eigenvalue weighted by atomic mass is 35.5. The Morgan fingerprint density at radius 3 is 2.50 bits per heavy atom. The zero-order chi connectivity index (χ0) is 30.9. The van der Waals surface area contributed by atoms with Crippen LogP contribution >= 0.6 is 11.6 Å². The second-order valence-corrected chi connectivity index (χ2v) is 11.1. The summed E-state index contributed by atoms with van der Waals surface area (Å²) in [5.41, 5.74) is -0.730. The number of hydrogen-bond acceptors (Lipinski definition) is 6. The molecule has 0 radical (unpaired) electrons. The Labute approximate surface area is 243 Å². The van der Waals surface area contributed by atoms with Gasteiger partial charge in [0.05, 0.1) is 16.6 Å². The molecule has 0 saturated carbocycles. The monoisotopic (exact) mass is 612 g/mol. The number of carbonyl (C=O) groups is 2. The van der Waals surface area contributed by atoms with Gasteiger partial charge in [0.1, 0.15) is 29.8 Å². The number of carbonyl (C=O) groups excluding carboxylic acids is 1. The molecule has 1 aromatic heterocycles. The van der Waals surface area contributed by atoms with Gasteiger partial charge in [0.15, 0.2) is 0 Å². The molecule has 8 nitrogen and oxygen atoms in total. The average Bonchev–Trinajstić information content (AvgIpc) is 3.31. The van der Waals surface area contributed by atoms with Crippen LogP contribution in [0, 0.1) is 11.7 Å². The van der Waals surface area contributed by atoms with Crippen LogP contribution in [0.25, 0.3) is 10.9 Å². The SMILES string of the molecule is CC(C)[C@@H](COC(=O)C(F)(F)F)n1cc(C(=O)O)c(=O)c2cc(Cc3cccc(Cl)c3F)c(O[C@@H]3CCN(C)C3)cc21. The Kier molecular flexibility index (Phi) is 9.17. The van der Waals surface area contributed by atoms with Crippen molar-refractivity contribution < 1.29 is 41.7 Å². The number of benzene rings is 2. The standard InChI is InChI=1S/C29H29ClF4N2O6/c1-15(2)23(14-41-28(40)29(32,33)34)36-13-20(27(38)39)26(37)19-10-17(9-16-5-4-6-21(30)25(16)31)24(11-22(19)36)42-18-7-8-35(3)12-18/h4-6,10-11,13,15,18,23H,7-9,12,14H2,1-3H3,(H,38,39)/t18-,23-/m1/s1. The van der Waals surface area contributed by atoms with E-state index >= 15 is 0 Å². The number of ether oxygens (including phenoxy) is 2. The van der Waals surface area contributed by atoms with Gasteiger partial charge < -0.3 is 24.0 Å². The van der Waals surface area contributed by atoms with Crippen molar-refractivity contribution in [3.8, 4) is 5.75 Å². The summed E-state index contributed by atoms with van der Waals surface area (Å²) in [6.45, 7) is 3.92. The molecule has 0 amide bonds. The van der Waals surface area contributed by atoms with Crippen LogP contribution in [0.1, 0.15) is 47.8 Å². The number of aromatic carboxylic acids is 1. The summed E-state index contributed by atoms with van der Waals surface area (Å²) in [6.07, 6.45) is -3.80. The van der Waals surface area contributed by atoms with E-state index in [0.29, 0.717) is 18.5 Å². The Balaban J connectivity index is 1.92. The molecule has 0 aliphatic carbocycles. The lowest BCUT2D eigenvalue weighted by molar-refractivity contribution is -0.201. The first kappa shape index (κ1) is 31.3. The van der Waals surface area contributed by atoms with Crippen molar-refractivity contribution in [2.75, 3.05) is 26.7 Å². The molecule has 2 atom stereocenters. The molecule has 2 aromatic carbocycles. The second-order valence-electron chi connectivity index (χ2n) is 10.6. The van der Waals surface area contributed by atoms with Gasteiger partial charge in [-0.3, -0.25) is 4.79 Å². The topological polar surface area (TPSA) is 98.1 Å². The highest BCUT2D eigenvalue weighted by molar-refractivity contribution is 6.30. The quantitative estimate of drug-likeness (QED) is 0.253. The third kappa shape index (κ3) is 6.70. The third-order valence-electron chi connectivity index (χ3n) is 7.24. The molecule has 3 aromatic rings. The molecule has 1 aliphatic heterocycles. The minimum atomic E-state index is -5.22. The molecule has 1 N–H and O–H groups in total. The molecular weight excluding hydrogens is 584 g/mol. The lowest BCUT2D eigenvalue weighted by Crippen LogP contribution is -2.31. The molecule has 1 saturated heterocycles. The average molecular weight is 613 g/mol. The maximum Gasteiger partial charge on any atom is 0.490 e. The number of pyridine rings is 1. The molecule has 1 aliphatic rings. The van der Waals surface area contributed by atoms with Gasteiger partial charge in [0.25, 0.3) is 0 Å². The maximum absolute atomic E-state index is 14.9. The minimum absolute atomic E-state index is 0.0478. The normalized spacial score (nSPS) is 16.6. The van der Waals surface area contributed by atoms with Gasteiger partial charge in [-0.2, -0.15) is 13.2 Å². The zero-order valence-electron chi connectivity index (χ0n) is 23.0. The number of hydrogen-bond donors (Lipinski definition) is 1.